The molecule has 5 nitrogen and oxygen atoms in total. The molecular formula is C13H19N5. The number of guanidine groups is 2. The van der Waals surface area contributed by atoms with Crippen LogP contribution in [0.4, 0.5) is 5.69 Å². The van der Waals surface area contributed by atoms with Crippen LogP contribution in [-0.2, 0) is 0 Å². The molecule has 1 heterocycles. The molecule has 2 rings (SSSR count). The van der Waals surface area contributed by atoms with Crippen molar-refractivity contribution in [3.05, 3.63) is 30.3 Å². The van der Waals surface area contributed by atoms with Gasteiger partial charge in [-0.25, -0.2) is 4.99 Å². The number of hydrogen-bond donors (Lipinski definition) is 2. The SMILES string of the molecule is CCC1(CC)N=C(N)N=C(N)N1c1ccccc1. The van der Waals surface area contributed by atoms with Gasteiger partial charge in [0.1, 0.15) is 5.66 Å². The van der Waals surface area contributed by atoms with E-state index in [0.717, 1.165) is 18.5 Å². The Morgan fingerprint density at radius 3 is 2.28 bits per heavy atom. The van der Waals surface area contributed by atoms with Crippen molar-refractivity contribution in [1.29, 1.82) is 0 Å². The van der Waals surface area contributed by atoms with Crippen molar-refractivity contribution in [1.82, 2.24) is 0 Å². The summed E-state index contributed by atoms with van der Waals surface area (Å²) in [5.74, 6) is 0.654. The maximum Gasteiger partial charge on any atom is 0.220 e. The average Bonchev–Trinajstić information content (AvgIpc) is 2.38. The van der Waals surface area contributed by atoms with Crippen LogP contribution in [0.25, 0.3) is 0 Å². The molecule has 1 aliphatic rings. The van der Waals surface area contributed by atoms with E-state index in [1.165, 1.54) is 0 Å². The molecule has 0 radical (unpaired) electrons. The summed E-state index contributed by atoms with van der Waals surface area (Å²) >= 11 is 0. The lowest BCUT2D eigenvalue weighted by atomic mass is 10.0. The molecule has 0 saturated carbocycles. The predicted molar refractivity (Wildman–Crippen MR) is 75.5 cm³/mol. The smallest absolute Gasteiger partial charge is 0.220 e. The number of para-hydroxylation sites is 1. The summed E-state index contributed by atoms with van der Waals surface area (Å²) in [6, 6.07) is 9.91. The summed E-state index contributed by atoms with van der Waals surface area (Å²) in [5, 5.41) is 0. The maximum atomic E-state index is 6.04. The summed E-state index contributed by atoms with van der Waals surface area (Å²) < 4.78 is 0. The summed E-state index contributed by atoms with van der Waals surface area (Å²) in [7, 11) is 0. The molecule has 1 aromatic carbocycles. The van der Waals surface area contributed by atoms with Gasteiger partial charge in [0.2, 0.25) is 11.9 Å². The molecule has 5 heteroatoms. The van der Waals surface area contributed by atoms with Crippen LogP contribution in [0.15, 0.2) is 40.3 Å². The zero-order valence-corrected chi connectivity index (χ0v) is 10.8. The summed E-state index contributed by atoms with van der Waals surface area (Å²) in [4.78, 5) is 10.6. The lowest BCUT2D eigenvalue weighted by Gasteiger charge is -2.42. The lowest BCUT2D eigenvalue weighted by molar-refractivity contribution is 0.408. The van der Waals surface area contributed by atoms with E-state index in [0.29, 0.717) is 5.96 Å². The van der Waals surface area contributed by atoms with Gasteiger partial charge in [0.25, 0.3) is 0 Å². The molecule has 0 bridgehead atoms. The molecule has 0 fully saturated rings. The van der Waals surface area contributed by atoms with E-state index in [1.54, 1.807) is 0 Å². The first-order valence-corrected chi connectivity index (χ1v) is 6.17. The third kappa shape index (κ3) is 1.92. The van der Waals surface area contributed by atoms with Gasteiger partial charge in [-0.2, -0.15) is 4.99 Å². The molecule has 1 aromatic rings. The predicted octanol–water partition coefficient (Wildman–Crippen LogP) is 1.65. The summed E-state index contributed by atoms with van der Waals surface area (Å²) in [5.41, 5.74) is 12.3. The Morgan fingerprint density at radius 2 is 1.72 bits per heavy atom. The lowest BCUT2D eigenvalue weighted by Crippen LogP contribution is -2.57. The number of aliphatic imine (C=N–C) groups is 2. The molecule has 0 saturated heterocycles. The van der Waals surface area contributed by atoms with Crippen molar-refractivity contribution in [3.8, 4) is 0 Å². The molecule has 96 valence electrons. The fourth-order valence-corrected chi connectivity index (χ4v) is 2.34. The van der Waals surface area contributed by atoms with Crippen molar-refractivity contribution in [2.24, 2.45) is 21.5 Å². The fraction of sp³-hybridized carbons (Fsp3) is 0.385. The van der Waals surface area contributed by atoms with Crippen LogP contribution < -0.4 is 16.4 Å². The topological polar surface area (TPSA) is 80.0 Å². The zero-order chi connectivity index (χ0) is 13.2. The quantitative estimate of drug-likeness (QED) is 0.849. The minimum Gasteiger partial charge on any atom is -0.369 e. The van der Waals surface area contributed by atoms with Crippen LogP contribution in [0.1, 0.15) is 26.7 Å². The Morgan fingerprint density at radius 1 is 1.11 bits per heavy atom. The largest absolute Gasteiger partial charge is 0.369 e. The van der Waals surface area contributed by atoms with E-state index in [9.17, 15) is 0 Å². The Bertz CT molecular complexity index is 473. The van der Waals surface area contributed by atoms with Crippen LogP contribution in [0, 0.1) is 0 Å². The molecule has 0 atom stereocenters. The van der Waals surface area contributed by atoms with Crippen LogP contribution in [0.2, 0.25) is 0 Å². The van der Waals surface area contributed by atoms with E-state index in [-0.39, 0.29) is 5.96 Å². The van der Waals surface area contributed by atoms with Crippen LogP contribution in [-0.4, -0.2) is 17.6 Å². The number of benzene rings is 1. The van der Waals surface area contributed by atoms with Crippen LogP contribution >= 0.6 is 0 Å². The molecule has 0 unspecified atom stereocenters. The number of nitrogens with two attached hydrogens (primary N) is 2. The highest BCUT2D eigenvalue weighted by atomic mass is 15.4. The Labute approximate surface area is 107 Å². The average molecular weight is 245 g/mol. The second kappa shape index (κ2) is 4.68. The van der Waals surface area contributed by atoms with Crippen molar-refractivity contribution in [2.75, 3.05) is 4.90 Å². The highest BCUT2D eigenvalue weighted by Crippen LogP contribution is 2.32. The molecule has 4 N–H and O–H groups in total. The standard InChI is InChI=1S/C13H19N5/c1-3-13(4-2)17-11(14)16-12(15)18(13)10-8-6-5-7-9-10/h5-9H,3-4H2,1-2H3,(H4,14,15,16,17). The van der Waals surface area contributed by atoms with Crippen LogP contribution in [0.5, 0.6) is 0 Å². The molecule has 18 heavy (non-hydrogen) atoms. The zero-order valence-electron chi connectivity index (χ0n) is 10.8. The second-order valence-electron chi connectivity index (χ2n) is 4.30. The third-order valence-electron chi connectivity index (χ3n) is 3.34. The number of hydrogen-bond acceptors (Lipinski definition) is 5. The normalized spacial score (nSPS) is 18.2. The van der Waals surface area contributed by atoms with E-state index in [1.807, 2.05) is 35.2 Å². The van der Waals surface area contributed by atoms with Gasteiger partial charge in [-0.3, -0.25) is 4.90 Å². The van der Waals surface area contributed by atoms with Crippen molar-refractivity contribution < 1.29 is 0 Å². The number of rotatable bonds is 3. The van der Waals surface area contributed by atoms with Gasteiger partial charge in [0.15, 0.2) is 0 Å². The van der Waals surface area contributed by atoms with Gasteiger partial charge in [0, 0.05) is 5.69 Å². The molecular weight excluding hydrogens is 226 g/mol. The first-order chi connectivity index (χ1) is 8.63. The molecule has 0 amide bonds. The van der Waals surface area contributed by atoms with E-state index in [2.05, 4.69) is 23.8 Å². The maximum absolute atomic E-state index is 6.04. The summed E-state index contributed by atoms with van der Waals surface area (Å²) in [6.45, 7) is 4.16. The van der Waals surface area contributed by atoms with Crippen molar-refractivity contribution >= 4 is 17.6 Å². The first-order valence-electron chi connectivity index (χ1n) is 6.17. The van der Waals surface area contributed by atoms with Crippen molar-refractivity contribution in [2.45, 2.75) is 32.4 Å². The second-order valence-corrected chi connectivity index (χ2v) is 4.30. The number of nitrogens with zero attached hydrogens (tertiary/aromatic N) is 3. The van der Waals surface area contributed by atoms with Crippen molar-refractivity contribution in [3.63, 3.8) is 0 Å². The Kier molecular flexibility index (Phi) is 3.23. The van der Waals surface area contributed by atoms with E-state index < -0.39 is 5.66 Å². The monoisotopic (exact) mass is 245 g/mol. The Hall–Kier alpha value is -2.04. The molecule has 0 aromatic heterocycles. The molecule has 0 aliphatic carbocycles. The van der Waals surface area contributed by atoms with E-state index >= 15 is 0 Å². The van der Waals surface area contributed by atoms with E-state index in [4.69, 9.17) is 11.5 Å². The fourth-order valence-electron chi connectivity index (χ4n) is 2.34. The van der Waals surface area contributed by atoms with Gasteiger partial charge in [-0.15, -0.1) is 0 Å². The Balaban J connectivity index is 2.52. The van der Waals surface area contributed by atoms with Gasteiger partial charge in [0.05, 0.1) is 0 Å². The highest BCUT2D eigenvalue weighted by molar-refractivity contribution is 6.05. The van der Waals surface area contributed by atoms with Gasteiger partial charge in [-0.1, -0.05) is 32.0 Å². The van der Waals surface area contributed by atoms with Gasteiger partial charge < -0.3 is 11.5 Å². The minimum atomic E-state index is -0.433. The molecule has 0 spiro atoms. The van der Waals surface area contributed by atoms with Gasteiger partial charge >= 0.3 is 0 Å². The van der Waals surface area contributed by atoms with Crippen LogP contribution in [0.3, 0.4) is 0 Å². The summed E-state index contributed by atoms with van der Waals surface area (Å²) in [6.07, 6.45) is 1.63. The third-order valence-corrected chi connectivity index (χ3v) is 3.34. The van der Waals surface area contributed by atoms with Gasteiger partial charge in [-0.05, 0) is 25.0 Å². The molecule has 1 aliphatic heterocycles. The number of anilines is 1. The first kappa shape index (κ1) is 12.4. The minimum absolute atomic E-state index is 0.253. The highest BCUT2D eigenvalue weighted by Gasteiger charge is 2.38.